The van der Waals surface area contributed by atoms with E-state index in [-0.39, 0.29) is 22.9 Å². The molecule has 0 bridgehead atoms. The summed E-state index contributed by atoms with van der Waals surface area (Å²) >= 11 is 1.56. The van der Waals surface area contributed by atoms with Crippen molar-refractivity contribution in [1.82, 2.24) is 10.2 Å². The minimum atomic E-state index is -0.917. The first-order chi connectivity index (χ1) is 9.24. The van der Waals surface area contributed by atoms with Crippen molar-refractivity contribution in [3.05, 3.63) is 0 Å². The molecule has 2 unspecified atom stereocenters. The van der Waals surface area contributed by atoms with Crippen LogP contribution in [0.5, 0.6) is 0 Å². The number of amides is 2. The molecule has 0 aromatic rings. The van der Waals surface area contributed by atoms with Gasteiger partial charge in [-0.05, 0) is 38.5 Å². The van der Waals surface area contributed by atoms with E-state index >= 15 is 0 Å². The van der Waals surface area contributed by atoms with Crippen LogP contribution < -0.4 is 5.32 Å². The van der Waals surface area contributed by atoms with E-state index < -0.39 is 12.0 Å². The molecule has 2 rings (SSSR count). The van der Waals surface area contributed by atoms with Crippen molar-refractivity contribution >= 4 is 23.8 Å². The lowest BCUT2D eigenvalue weighted by molar-refractivity contribution is -0.141. The number of hydrogen-bond acceptors (Lipinski definition) is 3. The van der Waals surface area contributed by atoms with E-state index in [1.807, 2.05) is 27.7 Å². The summed E-state index contributed by atoms with van der Waals surface area (Å²) in [5.74, 6) is 0.303. The van der Waals surface area contributed by atoms with Crippen LogP contribution in [0.15, 0.2) is 0 Å². The molecule has 1 aliphatic carbocycles. The molecule has 114 valence electrons. The van der Waals surface area contributed by atoms with E-state index in [0.29, 0.717) is 11.7 Å². The highest BCUT2D eigenvalue weighted by Crippen LogP contribution is 2.40. The third-order valence-corrected chi connectivity index (χ3v) is 5.77. The molecule has 6 heteroatoms. The highest BCUT2D eigenvalue weighted by Gasteiger charge is 2.46. The average Bonchev–Trinajstić information content (AvgIpc) is 3.06. The second-order valence-electron chi connectivity index (χ2n) is 6.66. The summed E-state index contributed by atoms with van der Waals surface area (Å²) in [5, 5.41) is 12.3. The van der Waals surface area contributed by atoms with Gasteiger partial charge in [0.2, 0.25) is 0 Å². The predicted octanol–water partition coefficient (Wildman–Crippen LogP) is 2.37. The van der Waals surface area contributed by atoms with Crippen LogP contribution in [0.4, 0.5) is 4.79 Å². The van der Waals surface area contributed by atoms with Crippen molar-refractivity contribution in [3.63, 3.8) is 0 Å². The topological polar surface area (TPSA) is 69.6 Å². The van der Waals surface area contributed by atoms with E-state index in [1.54, 1.807) is 11.8 Å². The summed E-state index contributed by atoms with van der Waals surface area (Å²) in [6.07, 6.45) is 2.27. The molecule has 5 nitrogen and oxygen atoms in total. The number of hydrogen-bond donors (Lipinski definition) is 2. The molecule has 2 N–H and O–H groups in total. The first-order valence-electron chi connectivity index (χ1n) is 7.19. The Balaban J connectivity index is 2.12. The Morgan fingerprint density at radius 1 is 1.35 bits per heavy atom. The van der Waals surface area contributed by atoms with Gasteiger partial charge in [0.05, 0.1) is 5.37 Å². The number of carboxylic acids is 1. The van der Waals surface area contributed by atoms with Crippen molar-refractivity contribution in [2.24, 2.45) is 11.8 Å². The summed E-state index contributed by atoms with van der Waals surface area (Å²) < 4.78 is 0. The zero-order chi connectivity index (χ0) is 15.1. The summed E-state index contributed by atoms with van der Waals surface area (Å²) in [5.41, 5.74) is -0.255. The minimum Gasteiger partial charge on any atom is -0.480 e. The lowest BCUT2D eigenvalue weighted by atomic mass is 9.99. The molecular weight excluding hydrogens is 276 g/mol. The number of nitrogens with one attached hydrogen (secondary N) is 1. The van der Waals surface area contributed by atoms with E-state index in [2.05, 4.69) is 5.32 Å². The largest absolute Gasteiger partial charge is 0.480 e. The van der Waals surface area contributed by atoms with Gasteiger partial charge in [0.15, 0.2) is 0 Å². The lowest BCUT2D eigenvalue weighted by Gasteiger charge is -2.34. The van der Waals surface area contributed by atoms with Crippen LogP contribution >= 0.6 is 11.8 Å². The molecule has 2 amide bonds. The zero-order valence-corrected chi connectivity index (χ0v) is 13.4. The van der Waals surface area contributed by atoms with E-state index in [1.165, 1.54) is 4.90 Å². The molecule has 0 aromatic heterocycles. The van der Waals surface area contributed by atoms with Crippen molar-refractivity contribution < 1.29 is 14.7 Å². The summed E-state index contributed by atoms with van der Waals surface area (Å²) in [6.45, 7) is 8.08. The van der Waals surface area contributed by atoms with Crippen LogP contribution in [0.1, 0.15) is 40.5 Å². The Kier molecular flexibility index (Phi) is 4.23. The van der Waals surface area contributed by atoms with E-state index in [0.717, 1.165) is 12.8 Å². The van der Waals surface area contributed by atoms with Gasteiger partial charge in [0, 0.05) is 11.3 Å². The maximum atomic E-state index is 12.6. The molecule has 20 heavy (non-hydrogen) atoms. The van der Waals surface area contributed by atoms with Crippen LogP contribution in [0.2, 0.25) is 0 Å². The fraction of sp³-hybridized carbons (Fsp3) is 0.857. The minimum absolute atomic E-state index is 0.0638. The number of rotatable bonds is 4. The summed E-state index contributed by atoms with van der Waals surface area (Å²) in [6, 6.07) is -0.958. The Bertz CT molecular complexity index is 407. The highest BCUT2D eigenvalue weighted by atomic mass is 32.2. The molecule has 1 saturated heterocycles. The van der Waals surface area contributed by atoms with Gasteiger partial charge in [0.25, 0.3) is 0 Å². The Hall–Kier alpha value is -0.910. The highest BCUT2D eigenvalue weighted by molar-refractivity contribution is 8.00. The van der Waals surface area contributed by atoms with Crippen LogP contribution in [-0.4, -0.2) is 44.7 Å². The van der Waals surface area contributed by atoms with Crippen molar-refractivity contribution in [2.75, 3.05) is 5.75 Å². The molecule has 1 heterocycles. The van der Waals surface area contributed by atoms with Crippen molar-refractivity contribution in [1.29, 1.82) is 0 Å². The van der Waals surface area contributed by atoms with Crippen molar-refractivity contribution in [3.8, 4) is 0 Å². The molecule has 0 radical (unpaired) electrons. The number of aliphatic carboxylic acids is 1. The molecule has 1 aliphatic heterocycles. The fourth-order valence-corrected chi connectivity index (χ4v) is 4.21. The fourth-order valence-electron chi connectivity index (χ4n) is 2.74. The number of thioether (sulfide) groups is 1. The Morgan fingerprint density at radius 2 is 1.95 bits per heavy atom. The standard InChI is InChI=1S/C14H24N2O3S/c1-8(2)11-16(10(7-20-11)12(17)18)13(19)15-14(3,4)9-5-6-9/h8-11H,5-7H2,1-4H3,(H,15,19)(H,17,18). The van der Waals surface area contributed by atoms with Crippen molar-refractivity contribution in [2.45, 2.75) is 57.5 Å². The maximum Gasteiger partial charge on any atom is 0.327 e. The second kappa shape index (κ2) is 5.47. The number of carbonyl (C=O) groups is 2. The van der Waals surface area contributed by atoms with Crippen LogP contribution in [0.3, 0.4) is 0 Å². The van der Waals surface area contributed by atoms with Gasteiger partial charge in [-0.2, -0.15) is 0 Å². The lowest BCUT2D eigenvalue weighted by Crippen LogP contribution is -2.56. The zero-order valence-electron chi connectivity index (χ0n) is 12.5. The molecule has 2 fully saturated rings. The average molecular weight is 300 g/mol. The molecular formula is C14H24N2O3S. The van der Waals surface area contributed by atoms with Crippen LogP contribution in [0.25, 0.3) is 0 Å². The smallest absolute Gasteiger partial charge is 0.327 e. The first-order valence-corrected chi connectivity index (χ1v) is 8.24. The number of carboxylic acid groups (broad SMARTS) is 1. The molecule has 0 aromatic carbocycles. The second-order valence-corrected chi connectivity index (χ2v) is 7.80. The predicted molar refractivity (Wildman–Crippen MR) is 79.7 cm³/mol. The monoisotopic (exact) mass is 300 g/mol. The van der Waals surface area contributed by atoms with Gasteiger partial charge in [-0.1, -0.05) is 13.8 Å². The van der Waals surface area contributed by atoms with Gasteiger partial charge in [-0.25, -0.2) is 9.59 Å². The van der Waals surface area contributed by atoms with Gasteiger partial charge >= 0.3 is 12.0 Å². The third kappa shape index (κ3) is 3.05. The SMILES string of the molecule is CC(C)C1SCC(C(=O)O)N1C(=O)NC(C)(C)C1CC1. The number of nitrogens with zero attached hydrogens (tertiary/aromatic N) is 1. The van der Waals surface area contributed by atoms with Gasteiger partial charge in [-0.15, -0.1) is 11.8 Å². The summed E-state index contributed by atoms with van der Waals surface area (Å²) in [4.78, 5) is 25.5. The quantitative estimate of drug-likeness (QED) is 0.836. The van der Waals surface area contributed by atoms with Crippen LogP contribution in [0, 0.1) is 11.8 Å². The van der Waals surface area contributed by atoms with Gasteiger partial charge in [-0.3, -0.25) is 4.90 Å². The summed E-state index contributed by atoms with van der Waals surface area (Å²) in [7, 11) is 0. The maximum absolute atomic E-state index is 12.6. The molecule has 0 spiro atoms. The molecule has 1 saturated carbocycles. The van der Waals surface area contributed by atoms with Gasteiger partial charge in [0.1, 0.15) is 6.04 Å². The third-order valence-electron chi connectivity index (χ3n) is 4.15. The Morgan fingerprint density at radius 3 is 2.40 bits per heavy atom. The Labute approximate surface area is 124 Å². The van der Waals surface area contributed by atoms with E-state index in [4.69, 9.17) is 0 Å². The molecule has 2 atom stereocenters. The number of carbonyl (C=O) groups excluding carboxylic acids is 1. The molecule has 2 aliphatic rings. The first kappa shape index (κ1) is 15.5. The van der Waals surface area contributed by atoms with E-state index in [9.17, 15) is 14.7 Å². The van der Waals surface area contributed by atoms with Crippen LogP contribution in [-0.2, 0) is 4.79 Å². The normalized spacial score (nSPS) is 26.9. The number of urea groups is 1. The van der Waals surface area contributed by atoms with Gasteiger partial charge < -0.3 is 10.4 Å².